The molecule has 0 amide bonds. The lowest BCUT2D eigenvalue weighted by molar-refractivity contribution is 0.660. The predicted octanol–water partition coefficient (Wildman–Crippen LogP) is 16.0. The summed E-state index contributed by atoms with van der Waals surface area (Å²) in [5.41, 5.74) is 16.2. The Hall–Kier alpha value is -6.74. The van der Waals surface area contributed by atoms with Gasteiger partial charge in [0.1, 0.15) is 0 Å². The molecule has 1 heterocycles. The number of hydrogen-bond donors (Lipinski definition) is 0. The summed E-state index contributed by atoms with van der Waals surface area (Å²) >= 11 is 1.91. The monoisotopic (exact) mass is 745 g/mol. The third-order valence-corrected chi connectivity index (χ3v) is 13.4. The molecule has 57 heavy (non-hydrogen) atoms. The van der Waals surface area contributed by atoms with Crippen molar-refractivity contribution in [1.29, 1.82) is 0 Å². The highest BCUT2D eigenvalue weighted by atomic mass is 32.1. The SMILES string of the molecule is CC1(C)c2ccccc2-c2ccc(-c3ccc(N(c4ccc(-c5ccccc5)cc4)c4ccc(-c5cccc6c5sc5c7ccccc7ccc65)cc4)cc3)cc21. The van der Waals surface area contributed by atoms with Crippen LogP contribution in [0.15, 0.2) is 200 Å². The van der Waals surface area contributed by atoms with Gasteiger partial charge in [-0.05, 0) is 109 Å². The standard InChI is InChI=1S/C55H39NS/c1-55(2)51-18-9-8-15-47(51)48-33-26-41(35-52(48)55)38-21-29-43(30-22-38)56(42-27-19-37(20-28-42)36-11-4-3-5-12-36)44-31-23-40(24-32-44)46-16-10-17-49-50-34-25-39-13-6-7-14-45(39)54(50)57-53(46)49/h3-35H,1-2H3. The zero-order chi connectivity index (χ0) is 38.1. The van der Waals surface area contributed by atoms with Gasteiger partial charge in [-0.15, -0.1) is 11.3 Å². The first-order valence-electron chi connectivity index (χ1n) is 19.8. The average Bonchev–Trinajstić information content (AvgIpc) is 3.77. The van der Waals surface area contributed by atoms with Gasteiger partial charge < -0.3 is 4.90 Å². The van der Waals surface area contributed by atoms with E-state index >= 15 is 0 Å². The maximum Gasteiger partial charge on any atom is 0.0462 e. The summed E-state index contributed by atoms with van der Waals surface area (Å²) in [6, 6.07) is 73.6. The summed E-state index contributed by atoms with van der Waals surface area (Å²) in [5.74, 6) is 0. The van der Waals surface area contributed by atoms with Crippen LogP contribution < -0.4 is 4.90 Å². The molecule has 1 aliphatic rings. The fraction of sp³-hybridized carbons (Fsp3) is 0.0545. The Balaban J connectivity index is 0.976. The smallest absolute Gasteiger partial charge is 0.0462 e. The zero-order valence-electron chi connectivity index (χ0n) is 31.9. The van der Waals surface area contributed by atoms with Gasteiger partial charge in [-0.2, -0.15) is 0 Å². The van der Waals surface area contributed by atoms with Crippen molar-refractivity contribution < 1.29 is 0 Å². The molecular formula is C55H39NS. The molecule has 270 valence electrons. The molecule has 0 atom stereocenters. The summed E-state index contributed by atoms with van der Waals surface area (Å²) in [6.07, 6.45) is 0. The highest BCUT2D eigenvalue weighted by Gasteiger charge is 2.35. The van der Waals surface area contributed by atoms with Crippen LogP contribution in [0.2, 0.25) is 0 Å². The van der Waals surface area contributed by atoms with Gasteiger partial charge in [0, 0.05) is 42.6 Å². The van der Waals surface area contributed by atoms with Crippen LogP contribution in [-0.2, 0) is 5.41 Å². The number of nitrogens with zero attached hydrogens (tertiary/aromatic N) is 1. The molecule has 10 aromatic rings. The summed E-state index contributed by atoms with van der Waals surface area (Å²) in [4.78, 5) is 2.37. The van der Waals surface area contributed by atoms with Crippen LogP contribution in [-0.4, -0.2) is 0 Å². The molecule has 1 aromatic heterocycles. The largest absolute Gasteiger partial charge is 0.311 e. The normalized spacial score (nSPS) is 12.9. The lowest BCUT2D eigenvalue weighted by atomic mass is 9.81. The molecule has 0 spiro atoms. The van der Waals surface area contributed by atoms with Crippen LogP contribution >= 0.6 is 11.3 Å². The zero-order valence-corrected chi connectivity index (χ0v) is 32.7. The minimum atomic E-state index is -0.0341. The number of hydrogen-bond acceptors (Lipinski definition) is 2. The highest BCUT2D eigenvalue weighted by Crippen LogP contribution is 2.50. The first-order valence-corrected chi connectivity index (χ1v) is 20.6. The van der Waals surface area contributed by atoms with Crippen LogP contribution in [0.3, 0.4) is 0 Å². The Morgan fingerprint density at radius 1 is 0.351 bits per heavy atom. The van der Waals surface area contributed by atoms with Gasteiger partial charge in [0.15, 0.2) is 0 Å². The first-order chi connectivity index (χ1) is 28.0. The van der Waals surface area contributed by atoms with Crippen molar-refractivity contribution in [2.45, 2.75) is 19.3 Å². The van der Waals surface area contributed by atoms with E-state index in [1.807, 2.05) is 11.3 Å². The van der Waals surface area contributed by atoms with Crippen LogP contribution in [0.1, 0.15) is 25.0 Å². The van der Waals surface area contributed by atoms with Crippen molar-refractivity contribution >= 4 is 59.3 Å². The Kier molecular flexibility index (Phi) is 7.77. The quantitative estimate of drug-likeness (QED) is 0.164. The van der Waals surface area contributed by atoms with Crippen molar-refractivity contribution in [3.63, 3.8) is 0 Å². The van der Waals surface area contributed by atoms with E-state index in [2.05, 4.69) is 219 Å². The van der Waals surface area contributed by atoms with E-state index in [0.717, 1.165) is 17.1 Å². The molecule has 9 aromatic carbocycles. The molecule has 0 N–H and O–H groups in total. The number of rotatable bonds is 6. The lowest BCUT2D eigenvalue weighted by Gasteiger charge is -2.26. The Morgan fingerprint density at radius 2 is 0.877 bits per heavy atom. The summed E-state index contributed by atoms with van der Waals surface area (Å²) in [7, 11) is 0. The fourth-order valence-corrected chi connectivity index (χ4v) is 10.5. The number of benzene rings is 9. The molecule has 1 aliphatic carbocycles. The van der Waals surface area contributed by atoms with E-state index in [9.17, 15) is 0 Å². The van der Waals surface area contributed by atoms with Crippen molar-refractivity contribution in [2.24, 2.45) is 0 Å². The van der Waals surface area contributed by atoms with E-state index in [1.54, 1.807) is 0 Å². The van der Waals surface area contributed by atoms with Crippen molar-refractivity contribution in [2.75, 3.05) is 4.90 Å². The van der Waals surface area contributed by atoms with E-state index in [-0.39, 0.29) is 5.41 Å². The lowest BCUT2D eigenvalue weighted by Crippen LogP contribution is -2.14. The minimum absolute atomic E-state index is 0.0341. The number of anilines is 3. The van der Waals surface area contributed by atoms with Gasteiger partial charge in [0.2, 0.25) is 0 Å². The maximum absolute atomic E-state index is 2.41. The number of thiophene rings is 1. The molecule has 11 rings (SSSR count). The van der Waals surface area contributed by atoms with E-state index in [0.29, 0.717) is 0 Å². The molecule has 2 heteroatoms. The molecule has 0 saturated heterocycles. The predicted molar refractivity (Wildman–Crippen MR) is 245 cm³/mol. The highest BCUT2D eigenvalue weighted by molar-refractivity contribution is 7.27. The van der Waals surface area contributed by atoms with Crippen LogP contribution in [0.4, 0.5) is 17.1 Å². The van der Waals surface area contributed by atoms with Crippen molar-refractivity contribution in [3.05, 3.63) is 211 Å². The van der Waals surface area contributed by atoms with Crippen LogP contribution in [0.25, 0.3) is 75.5 Å². The molecule has 0 aliphatic heterocycles. The summed E-state index contributed by atoms with van der Waals surface area (Å²) in [6.45, 7) is 4.70. The van der Waals surface area contributed by atoms with Gasteiger partial charge in [-0.1, -0.05) is 172 Å². The minimum Gasteiger partial charge on any atom is -0.311 e. The van der Waals surface area contributed by atoms with Crippen LogP contribution in [0, 0.1) is 0 Å². The van der Waals surface area contributed by atoms with E-state index in [4.69, 9.17) is 0 Å². The molecule has 0 unspecified atom stereocenters. The molecule has 1 nitrogen and oxygen atoms in total. The van der Waals surface area contributed by atoms with Gasteiger partial charge in [0.05, 0.1) is 0 Å². The van der Waals surface area contributed by atoms with Gasteiger partial charge in [-0.25, -0.2) is 0 Å². The Morgan fingerprint density at radius 3 is 1.61 bits per heavy atom. The number of fused-ring (bicyclic) bond motifs is 8. The Bertz CT molecular complexity index is 3120. The average molecular weight is 746 g/mol. The first kappa shape index (κ1) is 33.6. The van der Waals surface area contributed by atoms with Gasteiger partial charge in [0.25, 0.3) is 0 Å². The molecule has 0 fully saturated rings. The second-order valence-corrected chi connectivity index (χ2v) is 16.7. The second kappa shape index (κ2) is 13.2. The van der Waals surface area contributed by atoms with Crippen molar-refractivity contribution in [1.82, 2.24) is 0 Å². The molecule has 0 bridgehead atoms. The third-order valence-electron chi connectivity index (χ3n) is 12.1. The second-order valence-electron chi connectivity index (χ2n) is 15.7. The van der Waals surface area contributed by atoms with E-state index in [1.165, 1.54) is 86.6 Å². The Labute approximate surface area is 337 Å². The van der Waals surface area contributed by atoms with Gasteiger partial charge >= 0.3 is 0 Å². The third kappa shape index (κ3) is 5.51. The van der Waals surface area contributed by atoms with Crippen molar-refractivity contribution in [3.8, 4) is 44.5 Å². The molecule has 0 saturated carbocycles. The maximum atomic E-state index is 2.41. The fourth-order valence-electron chi connectivity index (χ4n) is 9.11. The summed E-state index contributed by atoms with van der Waals surface area (Å²) < 4.78 is 2.69. The molecular weight excluding hydrogens is 707 g/mol. The van der Waals surface area contributed by atoms with E-state index < -0.39 is 0 Å². The topological polar surface area (TPSA) is 3.24 Å². The van der Waals surface area contributed by atoms with Crippen LogP contribution in [0.5, 0.6) is 0 Å². The van der Waals surface area contributed by atoms with Gasteiger partial charge in [-0.3, -0.25) is 0 Å². The molecule has 0 radical (unpaired) electrons. The summed E-state index contributed by atoms with van der Waals surface area (Å²) in [5, 5.41) is 5.26.